The standard InChI is InChI=1S/C23H33N5O/c1-19-8-12-27(16-21(19)28-13-11-25-18-28)22(24-2)26-17-23(9-14-29-15-10-23)20-6-4-3-5-7-20/h3-7,11,13,18-19,21H,8-10,12,14-17H2,1-2H3,(H,24,26). The molecule has 6 nitrogen and oxygen atoms in total. The van der Waals surface area contributed by atoms with Gasteiger partial charge in [-0.3, -0.25) is 4.99 Å². The summed E-state index contributed by atoms with van der Waals surface area (Å²) in [6.45, 7) is 6.85. The Labute approximate surface area is 174 Å². The molecule has 0 spiro atoms. The number of benzene rings is 1. The molecule has 0 amide bonds. The van der Waals surface area contributed by atoms with Gasteiger partial charge in [0, 0.05) is 57.7 Å². The van der Waals surface area contributed by atoms with E-state index in [1.807, 2.05) is 19.6 Å². The molecule has 1 aromatic heterocycles. The lowest BCUT2D eigenvalue weighted by atomic mass is 9.74. The van der Waals surface area contributed by atoms with E-state index in [1.54, 1.807) is 0 Å². The first-order chi connectivity index (χ1) is 14.2. The molecule has 1 aromatic carbocycles. The first-order valence-corrected chi connectivity index (χ1v) is 10.8. The molecule has 2 atom stereocenters. The summed E-state index contributed by atoms with van der Waals surface area (Å²) in [5.41, 5.74) is 1.50. The molecule has 2 saturated heterocycles. The van der Waals surface area contributed by atoms with Crippen molar-refractivity contribution in [3.63, 3.8) is 0 Å². The fourth-order valence-corrected chi connectivity index (χ4v) is 4.80. The van der Waals surface area contributed by atoms with Crippen molar-refractivity contribution in [3.8, 4) is 0 Å². The van der Waals surface area contributed by atoms with Crippen LogP contribution in [0.4, 0.5) is 0 Å². The van der Waals surface area contributed by atoms with E-state index in [-0.39, 0.29) is 5.41 Å². The molecule has 0 saturated carbocycles. The second-order valence-electron chi connectivity index (χ2n) is 8.45. The summed E-state index contributed by atoms with van der Waals surface area (Å²) < 4.78 is 7.93. The molecule has 2 fully saturated rings. The minimum Gasteiger partial charge on any atom is -0.381 e. The van der Waals surface area contributed by atoms with Gasteiger partial charge in [-0.05, 0) is 30.7 Å². The highest BCUT2D eigenvalue weighted by atomic mass is 16.5. The van der Waals surface area contributed by atoms with Crippen molar-refractivity contribution in [2.75, 3.05) is 39.9 Å². The number of likely N-dealkylation sites (tertiary alicyclic amines) is 1. The molecule has 3 heterocycles. The predicted molar refractivity (Wildman–Crippen MR) is 116 cm³/mol. The lowest BCUT2D eigenvalue weighted by Crippen LogP contribution is -2.52. The van der Waals surface area contributed by atoms with E-state index in [4.69, 9.17) is 4.74 Å². The summed E-state index contributed by atoms with van der Waals surface area (Å²) in [5.74, 6) is 1.63. The summed E-state index contributed by atoms with van der Waals surface area (Å²) in [6, 6.07) is 11.3. The molecule has 29 heavy (non-hydrogen) atoms. The van der Waals surface area contributed by atoms with E-state index in [0.29, 0.717) is 12.0 Å². The third-order valence-corrected chi connectivity index (χ3v) is 6.76. The van der Waals surface area contributed by atoms with Gasteiger partial charge in [-0.25, -0.2) is 4.98 Å². The van der Waals surface area contributed by atoms with E-state index < -0.39 is 0 Å². The molecule has 0 aliphatic carbocycles. The number of guanidine groups is 1. The highest BCUT2D eigenvalue weighted by molar-refractivity contribution is 5.80. The van der Waals surface area contributed by atoms with Crippen LogP contribution in [0.3, 0.4) is 0 Å². The SMILES string of the molecule is CN=C(NCC1(c2ccccc2)CCOCC1)N1CCC(C)C(n2ccnc2)C1. The summed E-state index contributed by atoms with van der Waals surface area (Å²) in [4.78, 5) is 11.3. The molecule has 0 radical (unpaired) electrons. The Morgan fingerprint density at radius 1 is 1.28 bits per heavy atom. The van der Waals surface area contributed by atoms with Gasteiger partial charge >= 0.3 is 0 Å². The van der Waals surface area contributed by atoms with Crippen molar-refractivity contribution in [1.29, 1.82) is 0 Å². The summed E-state index contributed by atoms with van der Waals surface area (Å²) in [5, 5.41) is 3.72. The van der Waals surface area contributed by atoms with Gasteiger partial charge in [0.15, 0.2) is 5.96 Å². The molecular formula is C23H33N5O. The first-order valence-electron chi connectivity index (χ1n) is 10.8. The number of nitrogens with one attached hydrogen (secondary N) is 1. The van der Waals surface area contributed by atoms with Gasteiger partial charge in [0.25, 0.3) is 0 Å². The van der Waals surface area contributed by atoms with E-state index in [9.17, 15) is 0 Å². The van der Waals surface area contributed by atoms with Gasteiger partial charge in [0.2, 0.25) is 0 Å². The number of piperidine rings is 1. The number of nitrogens with zero attached hydrogens (tertiary/aromatic N) is 4. The molecule has 156 valence electrons. The predicted octanol–water partition coefficient (Wildman–Crippen LogP) is 3.09. The number of hydrogen-bond donors (Lipinski definition) is 1. The second-order valence-corrected chi connectivity index (χ2v) is 8.45. The van der Waals surface area contributed by atoms with Crippen LogP contribution in [0.1, 0.15) is 37.8 Å². The van der Waals surface area contributed by atoms with Crippen molar-refractivity contribution in [1.82, 2.24) is 19.8 Å². The van der Waals surface area contributed by atoms with Gasteiger partial charge in [0.05, 0.1) is 12.4 Å². The molecule has 2 unspecified atom stereocenters. The summed E-state index contributed by atoms with van der Waals surface area (Å²) in [7, 11) is 1.89. The van der Waals surface area contributed by atoms with Gasteiger partial charge < -0.3 is 19.5 Å². The van der Waals surface area contributed by atoms with Crippen molar-refractivity contribution in [3.05, 3.63) is 54.6 Å². The smallest absolute Gasteiger partial charge is 0.193 e. The minimum absolute atomic E-state index is 0.0995. The van der Waals surface area contributed by atoms with Crippen LogP contribution in [-0.4, -0.2) is 60.3 Å². The van der Waals surface area contributed by atoms with Crippen LogP contribution in [0, 0.1) is 5.92 Å². The lowest BCUT2D eigenvalue weighted by Gasteiger charge is -2.42. The quantitative estimate of drug-likeness (QED) is 0.638. The number of aromatic nitrogens is 2. The van der Waals surface area contributed by atoms with E-state index in [2.05, 4.69) is 68.2 Å². The van der Waals surface area contributed by atoms with Gasteiger partial charge in [-0.1, -0.05) is 37.3 Å². The second kappa shape index (κ2) is 8.99. The van der Waals surface area contributed by atoms with Crippen LogP contribution in [-0.2, 0) is 10.2 Å². The van der Waals surface area contributed by atoms with Gasteiger partial charge in [0.1, 0.15) is 0 Å². The average molecular weight is 396 g/mol. The zero-order valence-corrected chi connectivity index (χ0v) is 17.6. The highest BCUT2D eigenvalue weighted by Crippen LogP contribution is 2.34. The van der Waals surface area contributed by atoms with Gasteiger partial charge in [-0.2, -0.15) is 0 Å². The highest BCUT2D eigenvalue weighted by Gasteiger charge is 2.35. The molecule has 2 aliphatic heterocycles. The minimum atomic E-state index is 0.0995. The number of hydrogen-bond acceptors (Lipinski definition) is 3. The van der Waals surface area contributed by atoms with Crippen LogP contribution in [0.25, 0.3) is 0 Å². The summed E-state index contributed by atoms with van der Waals surface area (Å²) in [6.07, 6.45) is 9.11. The first kappa shape index (κ1) is 20.0. The largest absolute Gasteiger partial charge is 0.381 e. The monoisotopic (exact) mass is 395 g/mol. The van der Waals surface area contributed by atoms with Crippen LogP contribution >= 0.6 is 0 Å². The van der Waals surface area contributed by atoms with Crippen molar-refractivity contribution < 1.29 is 4.74 Å². The Morgan fingerprint density at radius 2 is 2.07 bits per heavy atom. The zero-order valence-electron chi connectivity index (χ0n) is 17.6. The molecule has 4 rings (SSSR count). The van der Waals surface area contributed by atoms with Gasteiger partial charge in [-0.15, -0.1) is 0 Å². The fraction of sp³-hybridized carbons (Fsp3) is 0.565. The van der Waals surface area contributed by atoms with Crippen LogP contribution in [0.2, 0.25) is 0 Å². The van der Waals surface area contributed by atoms with Crippen LogP contribution < -0.4 is 5.32 Å². The van der Waals surface area contributed by atoms with E-state index >= 15 is 0 Å². The third kappa shape index (κ3) is 4.32. The number of ether oxygens (including phenoxy) is 1. The van der Waals surface area contributed by atoms with Crippen molar-refractivity contribution >= 4 is 5.96 Å². The maximum Gasteiger partial charge on any atom is 0.193 e. The number of rotatable bonds is 4. The zero-order chi connectivity index (χ0) is 20.1. The molecule has 2 aliphatic rings. The molecule has 1 N–H and O–H groups in total. The maximum atomic E-state index is 5.69. The molecule has 2 aromatic rings. The Bertz CT molecular complexity index is 783. The maximum absolute atomic E-state index is 5.69. The Kier molecular flexibility index (Phi) is 6.19. The van der Waals surface area contributed by atoms with Crippen molar-refractivity contribution in [2.45, 2.75) is 37.6 Å². The Morgan fingerprint density at radius 3 is 2.76 bits per heavy atom. The number of aliphatic imine (C=N–C) groups is 1. The van der Waals surface area contributed by atoms with E-state index in [0.717, 1.165) is 58.1 Å². The molecule has 6 heteroatoms. The average Bonchev–Trinajstić information content (AvgIpc) is 3.31. The van der Waals surface area contributed by atoms with Crippen molar-refractivity contribution in [2.24, 2.45) is 10.9 Å². The van der Waals surface area contributed by atoms with Crippen LogP contribution in [0.5, 0.6) is 0 Å². The fourth-order valence-electron chi connectivity index (χ4n) is 4.80. The molecular weight excluding hydrogens is 362 g/mol. The third-order valence-electron chi connectivity index (χ3n) is 6.76. The molecule has 0 bridgehead atoms. The summed E-state index contributed by atoms with van der Waals surface area (Å²) >= 11 is 0. The lowest BCUT2D eigenvalue weighted by molar-refractivity contribution is 0.0510. The topological polar surface area (TPSA) is 54.7 Å². The Hall–Kier alpha value is -2.34. The Balaban J connectivity index is 1.47. The van der Waals surface area contributed by atoms with E-state index in [1.165, 1.54) is 5.56 Å². The van der Waals surface area contributed by atoms with Crippen LogP contribution in [0.15, 0.2) is 54.0 Å². The normalized spacial score (nSPS) is 25.0. The number of imidazole rings is 1.